The molecule has 14 heteroatoms. The molecule has 166 valence electrons. The lowest BCUT2D eigenvalue weighted by Crippen LogP contribution is -2.54. The van der Waals surface area contributed by atoms with E-state index < -0.39 is 48.8 Å². The van der Waals surface area contributed by atoms with Crippen LogP contribution in [-0.2, 0) is 9.59 Å². The van der Waals surface area contributed by atoms with Crippen molar-refractivity contribution in [3.05, 3.63) is 24.3 Å². The predicted octanol–water partition coefficient (Wildman–Crippen LogP) is 2.80. The summed E-state index contributed by atoms with van der Waals surface area (Å²) in [6.07, 6.45) is -22.0. The number of hydrogen-bond donors (Lipinski definition) is 4. The topological polar surface area (TPSA) is 115 Å². The molecule has 0 radical (unpaired) electrons. The molecule has 0 aliphatic rings. The molecule has 0 amide bonds. The maximum absolute atomic E-state index is 12.4. The zero-order valence-electron chi connectivity index (χ0n) is 14.4. The van der Waals surface area contributed by atoms with Crippen LogP contribution in [-0.4, -0.2) is 69.3 Å². The molecule has 4 N–H and O–H groups in total. The third kappa shape index (κ3) is 11.5. The van der Waals surface area contributed by atoms with Gasteiger partial charge in [-0.2, -0.15) is 17.6 Å². The number of carboxylic acid groups (broad SMARTS) is 2. The van der Waals surface area contributed by atoms with Crippen LogP contribution in [0.4, 0.5) is 35.1 Å². The second kappa shape index (κ2) is 12.3. The Kier molecular flexibility index (Phi) is 13.4. The molecule has 28 heavy (non-hydrogen) atoms. The van der Waals surface area contributed by atoms with Crippen molar-refractivity contribution in [1.82, 2.24) is 0 Å². The Balaban J connectivity index is -0.000000426. The van der Waals surface area contributed by atoms with E-state index in [4.69, 9.17) is 20.4 Å². The van der Waals surface area contributed by atoms with Gasteiger partial charge in [0.2, 0.25) is 12.5 Å². The number of hydrogen-bond acceptors (Lipinski definition) is 4. The summed E-state index contributed by atoms with van der Waals surface area (Å²) >= 11 is 0. The van der Waals surface area contributed by atoms with Crippen molar-refractivity contribution in [1.29, 1.82) is 0 Å². The van der Waals surface area contributed by atoms with Crippen molar-refractivity contribution < 1.29 is 65.1 Å². The van der Waals surface area contributed by atoms with Gasteiger partial charge >= 0.3 is 24.0 Å². The highest BCUT2D eigenvalue weighted by Crippen LogP contribution is 2.39. The molecule has 0 aliphatic heterocycles. The van der Waals surface area contributed by atoms with Gasteiger partial charge in [0, 0.05) is 11.1 Å². The number of aliphatic carboxylic acids is 2. The third-order valence-corrected chi connectivity index (χ3v) is 2.32. The van der Waals surface area contributed by atoms with Gasteiger partial charge in [-0.1, -0.05) is 13.2 Å². The van der Waals surface area contributed by atoms with Crippen LogP contribution in [0.15, 0.2) is 24.3 Å². The molecule has 0 heterocycles. The molecule has 4 atom stereocenters. The van der Waals surface area contributed by atoms with Gasteiger partial charge in [-0.05, 0) is 13.8 Å². The largest absolute Gasteiger partial charge is 0.478 e. The number of aliphatic hydroxyl groups excluding tert-OH is 1. The molecular formula is C14H18F8O6. The van der Waals surface area contributed by atoms with Gasteiger partial charge in [-0.15, -0.1) is 0 Å². The van der Waals surface area contributed by atoms with Crippen molar-refractivity contribution in [3.63, 3.8) is 0 Å². The zero-order chi connectivity index (χ0) is 23.6. The summed E-state index contributed by atoms with van der Waals surface area (Å²) in [5.41, 5.74) is 0.352. The van der Waals surface area contributed by atoms with Gasteiger partial charge in [-0.3, -0.25) is 0 Å². The Morgan fingerprint density at radius 1 is 0.821 bits per heavy atom. The van der Waals surface area contributed by atoms with E-state index >= 15 is 0 Å². The summed E-state index contributed by atoms with van der Waals surface area (Å²) in [4.78, 5) is 19.2. The second-order valence-corrected chi connectivity index (χ2v) is 5.00. The van der Waals surface area contributed by atoms with Gasteiger partial charge in [0.1, 0.15) is 0 Å². The van der Waals surface area contributed by atoms with Crippen LogP contribution < -0.4 is 0 Å². The van der Waals surface area contributed by atoms with Crippen LogP contribution >= 0.6 is 0 Å². The summed E-state index contributed by atoms with van der Waals surface area (Å²) in [5.74, 6) is -7.82. The summed E-state index contributed by atoms with van der Waals surface area (Å²) in [6.45, 7) is 9.20. The van der Waals surface area contributed by atoms with Crippen LogP contribution in [0.5, 0.6) is 0 Å². The maximum Gasteiger partial charge on any atom is 0.420 e. The van der Waals surface area contributed by atoms with E-state index in [1.165, 1.54) is 13.8 Å². The maximum atomic E-state index is 12.4. The minimum atomic E-state index is -5.95. The minimum absolute atomic E-state index is 0.176. The molecule has 0 aliphatic carbocycles. The Hall–Kier alpha value is -2.22. The SMILES string of the molecule is C=C(C)C(=O)O.C=C(C)C(=O)O.OC(F)C(F)C(F)C(F)C(F)(F)C(O)(F)F. The molecule has 0 aromatic heterocycles. The molecule has 0 aromatic rings. The van der Waals surface area contributed by atoms with Crippen molar-refractivity contribution in [2.45, 2.75) is 50.8 Å². The number of aliphatic hydroxyl groups is 2. The molecule has 6 nitrogen and oxygen atoms in total. The van der Waals surface area contributed by atoms with Gasteiger partial charge in [0.15, 0.2) is 12.3 Å². The molecule has 0 fully saturated rings. The first-order valence-corrected chi connectivity index (χ1v) is 6.71. The van der Waals surface area contributed by atoms with E-state index in [0.717, 1.165) is 0 Å². The van der Waals surface area contributed by atoms with E-state index in [9.17, 15) is 44.7 Å². The lowest BCUT2D eigenvalue weighted by atomic mass is 10.0. The van der Waals surface area contributed by atoms with Crippen LogP contribution in [0.25, 0.3) is 0 Å². The molecular weight excluding hydrogens is 416 g/mol. The summed E-state index contributed by atoms with van der Waals surface area (Å²) in [5, 5.41) is 31.1. The molecule has 0 spiro atoms. The fourth-order valence-electron chi connectivity index (χ4n) is 0.679. The third-order valence-electron chi connectivity index (χ3n) is 2.32. The van der Waals surface area contributed by atoms with E-state index in [1.54, 1.807) is 0 Å². The zero-order valence-corrected chi connectivity index (χ0v) is 14.4. The monoisotopic (exact) mass is 434 g/mol. The summed E-state index contributed by atoms with van der Waals surface area (Å²) in [7, 11) is 0. The van der Waals surface area contributed by atoms with Gasteiger partial charge in [-0.25, -0.2) is 27.2 Å². The summed E-state index contributed by atoms with van der Waals surface area (Å²) < 4.78 is 96.5. The molecule has 0 aromatic carbocycles. The Bertz CT molecular complexity index is 498. The molecule has 0 rings (SSSR count). The number of rotatable bonds is 7. The first-order valence-electron chi connectivity index (χ1n) is 6.71. The van der Waals surface area contributed by atoms with Crippen LogP contribution in [0.3, 0.4) is 0 Å². The minimum Gasteiger partial charge on any atom is -0.478 e. The lowest BCUT2D eigenvalue weighted by Gasteiger charge is -2.27. The van der Waals surface area contributed by atoms with Crippen LogP contribution in [0, 0.1) is 0 Å². The fraction of sp³-hybridized carbons (Fsp3) is 0.571. The van der Waals surface area contributed by atoms with E-state index in [-0.39, 0.29) is 11.1 Å². The number of alkyl halides is 8. The fourth-order valence-corrected chi connectivity index (χ4v) is 0.679. The van der Waals surface area contributed by atoms with Crippen LogP contribution in [0.1, 0.15) is 13.8 Å². The number of carbonyl (C=O) groups is 2. The van der Waals surface area contributed by atoms with Gasteiger partial charge < -0.3 is 20.4 Å². The van der Waals surface area contributed by atoms with E-state index in [2.05, 4.69) is 13.2 Å². The quantitative estimate of drug-likeness (QED) is 0.362. The van der Waals surface area contributed by atoms with E-state index in [1.807, 2.05) is 0 Å². The number of halogens is 8. The van der Waals surface area contributed by atoms with Gasteiger partial charge in [0.25, 0.3) is 0 Å². The highest BCUT2D eigenvalue weighted by atomic mass is 19.3. The van der Waals surface area contributed by atoms with Gasteiger partial charge in [0.05, 0.1) is 0 Å². The second-order valence-electron chi connectivity index (χ2n) is 5.00. The Labute approximate surface area is 153 Å². The smallest absolute Gasteiger partial charge is 0.420 e. The first kappa shape index (κ1) is 30.5. The predicted molar refractivity (Wildman–Crippen MR) is 78.8 cm³/mol. The van der Waals surface area contributed by atoms with Crippen molar-refractivity contribution in [3.8, 4) is 0 Å². The molecule has 0 saturated heterocycles. The van der Waals surface area contributed by atoms with Crippen molar-refractivity contribution in [2.75, 3.05) is 0 Å². The molecule has 0 saturated carbocycles. The van der Waals surface area contributed by atoms with Crippen molar-refractivity contribution in [2.24, 2.45) is 0 Å². The van der Waals surface area contributed by atoms with Crippen LogP contribution in [0.2, 0.25) is 0 Å². The molecule has 0 bridgehead atoms. The molecule has 4 unspecified atom stereocenters. The Morgan fingerprint density at radius 3 is 1.21 bits per heavy atom. The summed E-state index contributed by atoms with van der Waals surface area (Å²) in [6, 6.07) is 0. The standard InChI is InChI=1S/C6H6F8O2.2C4H6O2/c7-1(2(8)4(10)15)3(9)5(11,12)6(13,14)16;2*1-3(2)4(5)6/h1-4,15-16H;2*1H2,2H3,(H,5,6). The average molecular weight is 434 g/mol. The Morgan fingerprint density at radius 2 is 1.07 bits per heavy atom. The van der Waals surface area contributed by atoms with Crippen molar-refractivity contribution >= 4 is 11.9 Å². The normalized spacial score (nSPS) is 15.4. The highest BCUT2D eigenvalue weighted by molar-refractivity contribution is 5.85. The lowest BCUT2D eigenvalue weighted by molar-refractivity contribution is -0.349. The first-order chi connectivity index (χ1) is 12.2. The number of carboxylic acids is 2. The van der Waals surface area contributed by atoms with E-state index in [0.29, 0.717) is 0 Å². The highest BCUT2D eigenvalue weighted by Gasteiger charge is 2.65. The average Bonchev–Trinajstić information content (AvgIpc) is 2.52.